The number of nitrogens with zero attached hydrogens (tertiary/aromatic N) is 2. The molecule has 0 atom stereocenters. The number of hydrogen-bond donors (Lipinski definition) is 1. The van der Waals surface area contributed by atoms with Gasteiger partial charge in [0.25, 0.3) is 5.91 Å². The Balaban J connectivity index is 1.33. The number of benzene rings is 2. The van der Waals surface area contributed by atoms with E-state index in [9.17, 15) is 18.0 Å². The number of pyridine rings is 1. The van der Waals surface area contributed by atoms with Crippen molar-refractivity contribution in [2.24, 2.45) is 0 Å². The number of carbonyl (C=O) groups excluding carboxylic acids is 2. The minimum absolute atomic E-state index is 0.126. The van der Waals surface area contributed by atoms with Crippen molar-refractivity contribution in [2.45, 2.75) is 4.90 Å². The molecular weight excluding hydrogens is 470 g/mol. The van der Waals surface area contributed by atoms with Crippen molar-refractivity contribution in [1.29, 1.82) is 0 Å². The van der Waals surface area contributed by atoms with Gasteiger partial charge in [0.1, 0.15) is 5.15 Å². The third kappa shape index (κ3) is 5.48. The number of anilines is 1. The second-order valence-electron chi connectivity index (χ2n) is 7.21. The van der Waals surface area contributed by atoms with E-state index in [0.29, 0.717) is 48.0 Å². The maximum atomic E-state index is 12.6. The number of morpholine rings is 1. The smallest absolute Gasteiger partial charge is 0.338 e. The van der Waals surface area contributed by atoms with Crippen LogP contribution in [0.3, 0.4) is 0 Å². The Hall–Kier alpha value is -3.05. The largest absolute Gasteiger partial charge is 0.452 e. The Morgan fingerprint density at radius 1 is 1.06 bits per heavy atom. The molecule has 172 valence electrons. The Kier molecular flexibility index (Phi) is 6.89. The summed E-state index contributed by atoms with van der Waals surface area (Å²) in [6.45, 7) is 0.817. The first kappa shape index (κ1) is 23.1. The normalized spacial score (nSPS) is 14.7. The predicted octanol–water partition coefficient (Wildman–Crippen LogP) is 2.70. The molecule has 1 N–H and O–H groups in total. The number of rotatable bonds is 6. The fourth-order valence-corrected chi connectivity index (χ4v) is 4.85. The zero-order chi connectivity index (χ0) is 23.4. The van der Waals surface area contributed by atoms with Crippen LogP contribution in [0, 0.1) is 0 Å². The summed E-state index contributed by atoms with van der Waals surface area (Å²) in [4.78, 5) is 28.7. The van der Waals surface area contributed by atoms with Crippen LogP contribution in [0.25, 0.3) is 10.9 Å². The molecule has 0 unspecified atom stereocenters. The molecule has 0 aliphatic carbocycles. The molecule has 0 saturated carbocycles. The summed E-state index contributed by atoms with van der Waals surface area (Å²) in [5.74, 6) is -1.21. The molecule has 33 heavy (non-hydrogen) atoms. The van der Waals surface area contributed by atoms with Crippen molar-refractivity contribution in [3.05, 3.63) is 65.3 Å². The first-order valence-electron chi connectivity index (χ1n) is 10.0. The Labute approximate surface area is 195 Å². The number of hydrogen-bond acceptors (Lipinski definition) is 7. The number of halogens is 1. The summed E-state index contributed by atoms with van der Waals surface area (Å²) < 4.78 is 36.9. The number of aromatic nitrogens is 1. The first-order chi connectivity index (χ1) is 15.8. The van der Waals surface area contributed by atoms with Crippen LogP contribution in [-0.4, -0.2) is 62.5 Å². The lowest BCUT2D eigenvalue weighted by atomic mass is 10.1. The molecule has 1 amide bonds. The van der Waals surface area contributed by atoms with E-state index in [1.807, 2.05) is 0 Å². The molecule has 0 radical (unpaired) electrons. The van der Waals surface area contributed by atoms with Crippen molar-refractivity contribution in [2.75, 3.05) is 38.2 Å². The molecule has 0 spiro atoms. The van der Waals surface area contributed by atoms with E-state index in [0.717, 1.165) is 0 Å². The second kappa shape index (κ2) is 9.84. The number of ether oxygens (including phenoxy) is 2. The van der Waals surface area contributed by atoms with Crippen molar-refractivity contribution in [3.63, 3.8) is 0 Å². The highest BCUT2D eigenvalue weighted by molar-refractivity contribution is 7.89. The van der Waals surface area contributed by atoms with E-state index in [-0.39, 0.29) is 10.5 Å². The van der Waals surface area contributed by atoms with Crippen LogP contribution in [0.1, 0.15) is 10.4 Å². The van der Waals surface area contributed by atoms with E-state index in [1.165, 1.54) is 28.6 Å². The van der Waals surface area contributed by atoms with Crippen molar-refractivity contribution in [3.8, 4) is 0 Å². The molecule has 11 heteroatoms. The first-order valence-corrected chi connectivity index (χ1v) is 11.9. The molecule has 3 aromatic rings. The quantitative estimate of drug-likeness (QED) is 0.418. The fourth-order valence-electron chi connectivity index (χ4n) is 3.29. The summed E-state index contributed by atoms with van der Waals surface area (Å²) >= 11 is 5.85. The van der Waals surface area contributed by atoms with Gasteiger partial charge >= 0.3 is 5.97 Å². The molecule has 1 aliphatic rings. The minimum Gasteiger partial charge on any atom is -0.452 e. The molecule has 0 bridgehead atoms. The highest BCUT2D eigenvalue weighted by Crippen LogP contribution is 2.20. The minimum atomic E-state index is -3.62. The van der Waals surface area contributed by atoms with Crippen molar-refractivity contribution in [1.82, 2.24) is 9.29 Å². The molecule has 1 aromatic heterocycles. The Morgan fingerprint density at radius 3 is 2.52 bits per heavy atom. The third-order valence-electron chi connectivity index (χ3n) is 4.97. The number of sulfonamides is 1. The predicted molar refractivity (Wildman–Crippen MR) is 122 cm³/mol. The van der Waals surface area contributed by atoms with Gasteiger partial charge in [-0.25, -0.2) is 18.2 Å². The Morgan fingerprint density at radius 2 is 1.79 bits per heavy atom. The zero-order valence-corrected chi connectivity index (χ0v) is 18.9. The average molecular weight is 490 g/mol. The molecule has 2 aromatic carbocycles. The maximum absolute atomic E-state index is 12.6. The Bertz CT molecular complexity index is 1290. The lowest BCUT2D eigenvalue weighted by Gasteiger charge is -2.26. The van der Waals surface area contributed by atoms with Gasteiger partial charge in [-0.2, -0.15) is 4.31 Å². The SMILES string of the molecule is O=C(COC(=O)c1ccc2nc(Cl)ccc2c1)Nc1ccc(S(=O)(=O)N2CCOCC2)cc1. The van der Waals surface area contributed by atoms with Gasteiger partial charge in [-0.05, 0) is 54.6 Å². The van der Waals surface area contributed by atoms with Gasteiger partial charge in [0, 0.05) is 24.2 Å². The third-order valence-corrected chi connectivity index (χ3v) is 7.09. The lowest BCUT2D eigenvalue weighted by Crippen LogP contribution is -2.40. The van der Waals surface area contributed by atoms with E-state index in [1.54, 1.807) is 30.3 Å². The van der Waals surface area contributed by atoms with Crippen LogP contribution >= 0.6 is 11.6 Å². The van der Waals surface area contributed by atoms with Crippen LogP contribution < -0.4 is 5.32 Å². The summed E-state index contributed by atoms with van der Waals surface area (Å²) in [6, 6.07) is 13.9. The lowest BCUT2D eigenvalue weighted by molar-refractivity contribution is -0.119. The number of nitrogens with one attached hydrogen (secondary N) is 1. The van der Waals surface area contributed by atoms with Crippen LogP contribution in [0.5, 0.6) is 0 Å². The summed E-state index contributed by atoms with van der Waals surface area (Å²) in [6.07, 6.45) is 0. The van der Waals surface area contributed by atoms with E-state index >= 15 is 0 Å². The molecule has 9 nitrogen and oxygen atoms in total. The van der Waals surface area contributed by atoms with Crippen molar-refractivity contribution >= 4 is 50.1 Å². The van der Waals surface area contributed by atoms with Gasteiger partial charge in [-0.3, -0.25) is 4.79 Å². The van der Waals surface area contributed by atoms with Crippen LogP contribution in [0.15, 0.2) is 59.5 Å². The molecule has 1 fully saturated rings. The van der Waals surface area contributed by atoms with E-state index in [2.05, 4.69) is 10.3 Å². The number of amides is 1. The topological polar surface area (TPSA) is 115 Å². The number of fused-ring (bicyclic) bond motifs is 1. The number of carbonyl (C=O) groups is 2. The molecule has 1 aliphatic heterocycles. The van der Waals surface area contributed by atoms with E-state index < -0.39 is 28.5 Å². The van der Waals surface area contributed by atoms with Gasteiger partial charge in [0.2, 0.25) is 10.0 Å². The van der Waals surface area contributed by atoms with Crippen LogP contribution in [0.2, 0.25) is 5.15 Å². The van der Waals surface area contributed by atoms with Crippen LogP contribution in [-0.2, 0) is 24.3 Å². The summed E-state index contributed by atoms with van der Waals surface area (Å²) in [5, 5.41) is 3.64. The average Bonchev–Trinajstić information content (AvgIpc) is 2.83. The summed E-state index contributed by atoms with van der Waals surface area (Å²) in [5.41, 5.74) is 1.29. The molecule has 1 saturated heterocycles. The monoisotopic (exact) mass is 489 g/mol. The van der Waals surface area contributed by atoms with Crippen molar-refractivity contribution < 1.29 is 27.5 Å². The molecule has 2 heterocycles. The molecule has 4 rings (SSSR count). The molecular formula is C22H20ClN3O6S. The second-order valence-corrected chi connectivity index (χ2v) is 9.53. The van der Waals surface area contributed by atoms with Gasteiger partial charge in [-0.15, -0.1) is 0 Å². The van der Waals surface area contributed by atoms with Gasteiger partial charge in [0.15, 0.2) is 6.61 Å². The standard InChI is InChI=1S/C22H20ClN3O6S/c23-20-8-2-15-13-16(1-7-19(15)25-20)22(28)32-14-21(27)24-17-3-5-18(6-4-17)33(29,30)26-9-11-31-12-10-26/h1-8,13H,9-12,14H2,(H,24,27). The van der Waals surface area contributed by atoms with Crippen LogP contribution in [0.4, 0.5) is 5.69 Å². The van der Waals surface area contributed by atoms with Gasteiger partial charge < -0.3 is 14.8 Å². The van der Waals surface area contributed by atoms with Gasteiger partial charge in [-0.1, -0.05) is 11.6 Å². The van der Waals surface area contributed by atoms with E-state index in [4.69, 9.17) is 21.1 Å². The summed E-state index contributed by atoms with van der Waals surface area (Å²) in [7, 11) is -3.62. The fraction of sp³-hybridized carbons (Fsp3) is 0.227. The van der Waals surface area contributed by atoms with Gasteiger partial charge in [0.05, 0.1) is 29.2 Å². The number of esters is 1. The maximum Gasteiger partial charge on any atom is 0.338 e. The highest BCUT2D eigenvalue weighted by Gasteiger charge is 2.26. The zero-order valence-electron chi connectivity index (χ0n) is 17.4. The highest BCUT2D eigenvalue weighted by atomic mass is 35.5.